The fourth-order valence-corrected chi connectivity index (χ4v) is 3.77. The number of thioether (sulfide) groups is 1. The van der Waals surface area contributed by atoms with Crippen LogP contribution >= 0.6 is 11.8 Å². The number of hydrogen-bond donors (Lipinski definition) is 2. The first kappa shape index (κ1) is 20.1. The lowest BCUT2D eigenvalue weighted by Crippen LogP contribution is -2.54. The number of carbonyl (C=O) groups is 3. The Morgan fingerprint density at radius 2 is 2.04 bits per heavy atom. The zero-order valence-electron chi connectivity index (χ0n) is 14.9. The quantitative estimate of drug-likeness (QED) is 0.754. The van der Waals surface area contributed by atoms with Gasteiger partial charge in [0.25, 0.3) is 0 Å². The van der Waals surface area contributed by atoms with Gasteiger partial charge in [-0.3, -0.25) is 4.79 Å². The van der Waals surface area contributed by atoms with Gasteiger partial charge < -0.3 is 20.1 Å². The molecular weight excluding hydrogens is 356 g/mol. The second kappa shape index (κ2) is 9.47. The highest BCUT2D eigenvalue weighted by Gasteiger charge is 2.39. The molecule has 1 aliphatic heterocycles. The molecule has 0 saturated carbocycles. The molecule has 1 unspecified atom stereocenters. The van der Waals surface area contributed by atoms with E-state index in [-0.39, 0.29) is 18.4 Å². The topological polar surface area (TPSA) is 95.9 Å². The maximum Gasteiger partial charge on any atom is 0.408 e. The smallest absolute Gasteiger partial charge is 0.408 e. The molecule has 0 aliphatic carbocycles. The normalized spacial score (nSPS) is 18.8. The van der Waals surface area contributed by atoms with Gasteiger partial charge in [0.2, 0.25) is 5.91 Å². The van der Waals surface area contributed by atoms with Crippen LogP contribution in [-0.4, -0.2) is 51.7 Å². The number of nitrogens with zero attached hydrogens (tertiary/aromatic N) is 1. The summed E-state index contributed by atoms with van der Waals surface area (Å²) in [6.45, 7) is 3.86. The van der Waals surface area contributed by atoms with E-state index in [0.717, 1.165) is 5.56 Å². The molecule has 0 spiro atoms. The Morgan fingerprint density at radius 3 is 2.65 bits per heavy atom. The molecule has 3 atom stereocenters. The first-order valence-electron chi connectivity index (χ1n) is 8.52. The van der Waals surface area contributed by atoms with Crippen molar-refractivity contribution in [1.29, 1.82) is 0 Å². The van der Waals surface area contributed by atoms with E-state index in [1.54, 1.807) is 0 Å². The molecule has 26 heavy (non-hydrogen) atoms. The molecule has 0 aromatic heterocycles. The van der Waals surface area contributed by atoms with Crippen molar-refractivity contribution in [2.24, 2.45) is 5.92 Å². The highest BCUT2D eigenvalue weighted by molar-refractivity contribution is 7.99. The van der Waals surface area contributed by atoms with Gasteiger partial charge in [-0.15, -0.1) is 11.8 Å². The van der Waals surface area contributed by atoms with Gasteiger partial charge in [0.15, 0.2) is 0 Å². The van der Waals surface area contributed by atoms with Crippen LogP contribution in [0.1, 0.15) is 25.8 Å². The zero-order valence-corrected chi connectivity index (χ0v) is 15.7. The van der Waals surface area contributed by atoms with Gasteiger partial charge in [0, 0.05) is 5.75 Å². The molecule has 2 N–H and O–H groups in total. The van der Waals surface area contributed by atoms with E-state index in [1.807, 2.05) is 44.2 Å². The van der Waals surface area contributed by atoms with Crippen LogP contribution in [0.4, 0.5) is 4.79 Å². The van der Waals surface area contributed by atoms with Gasteiger partial charge >= 0.3 is 12.1 Å². The summed E-state index contributed by atoms with van der Waals surface area (Å²) in [5.41, 5.74) is 0.843. The Morgan fingerprint density at radius 1 is 1.35 bits per heavy atom. The van der Waals surface area contributed by atoms with Gasteiger partial charge in [-0.1, -0.05) is 50.6 Å². The minimum absolute atomic E-state index is 0.103. The summed E-state index contributed by atoms with van der Waals surface area (Å²) in [5, 5.41) is 11.9. The molecule has 1 saturated heterocycles. The third-order valence-corrected chi connectivity index (χ3v) is 5.43. The molecular formula is C18H24N2O5S. The lowest BCUT2D eigenvalue weighted by Gasteiger charge is -2.29. The predicted molar refractivity (Wildman–Crippen MR) is 98.6 cm³/mol. The van der Waals surface area contributed by atoms with E-state index in [2.05, 4.69) is 5.32 Å². The second-order valence-electron chi connectivity index (χ2n) is 6.23. The van der Waals surface area contributed by atoms with Crippen molar-refractivity contribution in [3.8, 4) is 0 Å². The van der Waals surface area contributed by atoms with Crippen LogP contribution in [0, 0.1) is 5.92 Å². The number of aliphatic carboxylic acids is 1. The summed E-state index contributed by atoms with van der Waals surface area (Å²) in [7, 11) is 0. The van der Waals surface area contributed by atoms with Crippen molar-refractivity contribution in [3.63, 3.8) is 0 Å². The molecule has 2 rings (SSSR count). The molecule has 0 bridgehead atoms. The van der Waals surface area contributed by atoms with E-state index >= 15 is 0 Å². The summed E-state index contributed by atoms with van der Waals surface area (Å²) in [6.07, 6.45) is -0.0279. The molecule has 7 nitrogen and oxygen atoms in total. The Balaban J connectivity index is 2.01. The van der Waals surface area contributed by atoms with Gasteiger partial charge in [-0.2, -0.15) is 0 Å². The van der Waals surface area contributed by atoms with Crippen molar-refractivity contribution >= 4 is 29.7 Å². The van der Waals surface area contributed by atoms with Crippen LogP contribution in [0.5, 0.6) is 0 Å². The standard InChI is InChI=1S/C18H24N2O5S/c1-3-12(2)15(16(21)20-11-26-10-14(20)17(22)23)19-18(24)25-9-13-7-5-4-6-8-13/h4-8,12,14-15H,3,9-11H2,1-2H3,(H,19,24)(H,22,23)/t12?,14-,15-/m0/s1. The van der Waals surface area contributed by atoms with Gasteiger partial charge in [-0.05, 0) is 11.5 Å². The predicted octanol–water partition coefficient (Wildman–Crippen LogP) is 2.31. The number of carbonyl (C=O) groups excluding carboxylic acids is 2. The minimum atomic E-state index is -1.03. The van der Waals surface area contributed by atoms with E-state index in [4.69, 9.17) is 4.74 Å². The lowest BCUT2D eigenvalue weighted by atomic mass is 9.97. The number of benzene rings is 1. The molecule has 0 radical (unpaired) electrons. The van der Waals surface area contributed by atoms with E-state index < -0.39 is 24.1 Å². The summed E-state index contributed by atoms with van der Waals surface area (Å²) >= 11 is 1.39. The Hall–Kier alpha value is -2.22. The first-order chi connectivity index (χ1) is 12.4. The molecule has 1 aliphatic rings. The van der Waals surface area contributed by atoms with Crippen LogP contribution < -0.4 is 5.32 Å². The Bertz CT molecular complexity index is 640. The van der Waals surface area contributed by atoms with Crippen molar-refractivity contribution in [2.75, 3.05) is 11.6 Å². The van der Waals surface area contributed by atoms with Gasteiger partial charge in [-0.25, -0.2) is 9.59 Å². The highest BCUT2D eigenvalue weighted by atomic mass is 32.2. The fraction of sp³-hybridized carbons (Fsp3) is 0.500. The molecule has 8 heteroatoms. The number of rotatable bonds is 7. The molecule has 1 aromatic carbocycles. The van der Waals surface area contributed by atoms with E-state index in [1.165, 1.54) is 16.7 Å². The monoisotopic (exact) mass is 380 g/mol. The fourth-order valence-electron chi connectivity index (χ4n) is 2.62. The third-order valence-electron chi connectivity index (χ3n) is 4.42. The van der Waals surface area contributed by atoms with Gasteiger partial charge in [0.1, 0.15) is 18.7 Å². The number of ether oxygens (including phenoxy) is 1. The highest BCUT2D eigenvalue weighted by Crippen LogP contribution is 2.24. The summed E-state index contributed by atoms with van der Waals surface area (Å²) in [4.78, 5) is 37.7. The lowest BCUT2D eigenvalue weighted by molar-refractivity contribution is -0.149. The number of hydrogen-bond acceptors (Lipinski definition) is 5. The van der Waals surface area contributed by atoms with Crippen molar-refractivity contribution in [2.45, 2.75) is 39.0 Å². The number of amides is 2. The largest absolute Gasteiger partial charge is 0.480 e. The number of alkyl carbamates (subject to hydrolysis) is 1. The minimum Gasteiger partial charge on any atom is -0.480 e. The maximum atomic E-state index is 12.8. The van der Waals surface area contributed by atoms with Crippen LogP contribution in [0.3, 0.4) is 0 Å². The summed E-state index contributed by atoms with van der Waals surface area (Å²) < 4.78 is 5.20. The molecule has 2 amide bonds. The van der Waals surface area contributed by atoms with Crippen LogP contribution in [-0.2, 0) is 20.9 Å². The molecule has 1 aromatic rings. The van der Waals surface area contributed by atoms with Crippen molar-refractivity contribution < 1.29 is 24.2 Å². The van der Waals surface area contributed by atoms with Crippen LogP contribution in [0.2, 0.25) is 0 Å². The van der Waals surface area contributed by atoms with Crippen LogP contribution in [0.25, 0.3) is 0 Å². The van der Waals surface area contributed by atoms with Gasteiger partial charge in [0.05, 0.1) is 5.88 Å². The van der Waals surface area contributed by atoms with Crippen molar-refractivity contribution in [1.82, 2.24) is 10.2 Å². The Labute approximate surface area is 157 Å². The third kappa shape index (κ3) is 5.14. The molecule has 1 heterocycles. The average Bonchev–Trinajstić information content (AvgIpc) is 3.14. The summed E-state index contributed by atoms with van der Waals surface area (Å²) in [6, 6.07) is 7.56. The first-order valence-corrected chi connectivity index (χ1v) is 9.67. The SMILES string of the molecule is CCC(C)[C@H](NC(=O)OCc1ccccc1)C(=O)N1CSC[C@H]1C(=O)O. The number of carboxylic acids is 1. The molecule has 1 fully saturated rings. The van der Waals surface area contributed by atoms with Crippen molar-refractivity contribution in [3.05, 3.63) is 35.9 Å². The second-order valence-corrected chi connectivity index (χ2v) is 7.23. The van der Waals surface area contributed by atoms with E-state index in [0.29, 0.717) is 18.1 Å². The zero-order chi connectivity index (χ0) is 19.1. The van der Waals surface area contributed by atoms with E-state index in [9.17, 15) is 19.5 Å². The Kier molecular flexibility index (Phi) is 7.32. The molecule has 142 valence electrons. The van der Waals surface area contributed by atoms with Crippen LogP contribution in [0.15, 0.2) is 30.3 Å². The summed E-state index contributed by atoms with van der Waals surface area (Å²) in [5.74, 6) is -0.894. The number of carboxylic acid groups (broad SMARTS) is 1. The average molecular weight is 380 g/mol. The number of nitrogens with one attached hydrogen (secondary N) is 1. The maximum absolute atomic E-state index is 12.8.